The Balaban J connectivity index is 0.000000240. The first-order valence-electron chi connectivity index (χ1n) is 6.65. The Morgan fingerprint density at radius 3 is 2.00 bits per heavy atom. The number of benzene rings is 2. The zero-order valence-corrected chi connectivity index (χ0v) is 11.8. The third kappa shape index (κ3) is 5.22. The number of carbonyl (C=O) groups excluding carboxylic acids is 1. The van der Waals surface area contributed by atoms with Crippen molar-refractivity contribution in [3.8, 4) is 0 Å². The van der Waals surface area contributed by atoms with Gasteiger partial charge < -0.3 is 5.73 Å². The van der Waals surface area contributed by atoms with Crippen LogP contribution in [0.5, 0.6) is 0 Å². The summed E-state index contributed by atoms with van der Waals surface area (Å²) in [5.41, 5.74) is 6.97. The molecule has 0 fully saturated rings. The Morgan fingerprint density at radius 1 is 1.10 bits per heavy atom. The van der Waals surface area contributed by atoms with Crippen molar-refractivity contribution in [2.45, 2.75) is 26.2 Å². The number of nitrogens with two attached hydrogens (primary N) is 1. The summed E-state index contributed by atoms with van der Waals surface area (Å²) >= 11 is 0. The Labute approximate surface area is 119 Å². The maximum Gasteiger partial charge on any atom is 0.248 e. The SMILES string of the molecule is CCC(C)c1ccc(C(N)=O)cc1.Fc1ccccc1. The molecule has 0 bridgehead atoms. The van der Waals surface area contributed by atoms with Crippen molar-refractivity contribution in [3.63, 3.8) is 0 Å². The fraction of sp³-hybridized carbons (Fsp3) is 0.235. The summed E-state index contributed by atoms with van der Waals surface area (Å²) in [6.45, 7) is 4.31. The molecule has 0 radical (unpaired) electrons. The van der Waals surface area contributed by atoms with Crippen LogP contribution in [-0.4, -0.2) is 5.91 Å². The second kappa shape index (κ2) is 8.10. The molecule has 3 heteroatoms. The molecule has 0 aliphatic heterocycles. The van der Waals surface area contributed by atoms with Gasteiger partial charge in [0.25, 0.3) is 0 Å². The minimum Gasteiger partial charge on any atom is -0.366 e. The highest BCUT2D eigenvalue weighted by atomic mass is 19.1. The molecule has 2 aromatic carbocycles. The molecule has 0 aromatic heterocycles. The Kier molecular flexibility index (Phi) is 6.44. The third-order valence-electron chi connectivity index (χ3n) is 3.11. The Hall–Kier alpha value is -2.16. The van der Waals surface area contributed by atoms with Gasteiger partial charge in [0.2, 0.25) is 5.91 Å². The second-order valence-electron chi connectivity index (χ2n) is 4.59. The van der Waals surface area contributed by atoms with Crippen LogP contribution in [0.2, 0.25) is 0 Å². The van der Waals surface area contributed by atoms with E-state index in [0.29, 0.717) is 11.5 Å². The van der Waals surface area contributed by atoms with Gasteiger partial charge in [-0.1, -0.05) is 44.2 Å². The number of carbonyl (C=O) groups is 1. The van der Waals surface area contributed by atoms with Gasteiger partial charge in [-0.05, 0) is 42.2 Å². The summed E-state index contributed by atoms with van der Waals surface area (Å²) in [5.74, 6) is 0.000119. The lowest BCUT2D eigenvalue weighted by Crippen LogP contribution is -2.10. The van der Waals surface area contributed by atoms with Crippen molar-refractivity contribution in [1.29, 1.82) is 0 Å². The maximum atomic E-state index is 11.9. The predicted octanol–water partition coefficient (Wildman–Crippen LogP) is 4.12. The lowest BCUT2D eigenvalue weighted by molar-refractivity contribution is 0.100. The summed E-state index contributed by atoms with van der Waals surface area (Å²) in [5, 5.41) is 0. The molecule has 0 saturated heterocycles. The zero-order valence-electron chi connectivity index (χ0n) is 11.8. The Bertz CT molecular complexity index is 522. The quantitative estimate of drug-likeness (QED) is 0.898. The van der Waals surface area contributed by atoms with Gasteiger partial charge in [-0.3, -0.25) is 4.79 Å². The average molecular weight is 273 g/mol. The molecule has 20 heavy (non-hydrogen) atoms. The number of halogens is 1. The van der Waals surface area contributed by atoms with Gasteiger partial charge in [-0.15, -0.1) is 0 Å². The highest BCUT2D eigenvalue weighted by molar-refractivity contribution is 5.92. The minimum absolute atomic E-state index is 0.178. The van der Waals surface area contributed by atoms with Gasteiger partial charge >= 0.3 is 0 Å². The van der Waals surface area contributed by atoms with E-state index in [1.807, 2.05) is 12.1 Å². The Morgan fingerprint density at radius 2 is 1.65 bits per heavy atom. The van der Waals surface area contributed by atoms with Crippen LogP contribution in [0, 0.1) is 5.82 Å². The van der Waals surface area contributed by atoms with Crippen LogP contribution in [0.25, 0.3) is 0 Å². The summed E-state index contributed by atoms with van der Waals surface area (Å²) in [4.78, 5) is 10.8. The lowest BCUT2D eigenvalue weighted by atomic mass is 9.98. The van der Waals surface area contributed by atoms with Gasteiger partial charge in [0.05, 0.1) is 0 Å². The molecule has 1 atom stereocenters. The van der Waals surface area contributed by atoms with Gasteiger partial charge in [0.15, 0.2) is 0 Å². The fourth-order valence-corrected chi connectivity index (χ4v) is 1.63. The standard InChI is InChI=1S/C11H15NO.C6H5F/c1-3-8(2)9-4-6-10(7-5-9)11(12)13;7-6-4-2-1-3-5-6/h4-8H,3H2,1-2H3,(H2,12,13);1-5H. The molecule has 0 aliphatic rings. The van der Waals surface area contributed by atoms with Crippen LogP contribution in [-0.2, 0) is 0 Å². The van der Waals surface area contributed by atoms with E-state index in [0.717, 1.165) is 6.42 Å². The van der Waals surface area contributed by atoms with E-state index in [2.05, 4.69) is 13.8 Å². The van der Waals surface area contributed by atoms with Gasteiger partial charge in [-0.25, -0.2) is 4.39 Å². The monoisotopic (exact) mass is 273 g/mol. The highest BCUT2D eigenvalue weighted by Gasteiger charge is 2.03. The topological polar surface area (TPSA) is 43.1 Å². The average Bonchev–Trinajstić information content (AvgIpc) is 2.48. The van der Waals surface area contributed by atoms with E-state index in [9.17, 15) is 9.18 Å². The van der Waals surface area contributed by atoms with Crippen LogP contribution in [0.3, 0.4) is 0 Å². The maximum absolute atomic E-state index is 11.9. The van der Waals surface area contributed by atoms with E-state index >= 15 is 0 Å². The van der Waals surface area contributed by atoms with Crippen molar-refractivity contribution in [1.82, 2.24) is 0 Å². The molecule has 1 amide bonds. The molecule has 2 N–H and O–H groups in total. The number of amides is 1. The molecule has 106 valence electrons. The van der Waals surface area contributed by atoms with Crippen LogP contribution in [0.15, 0.2) is 54.6 Å². The third-order valence-corrected chi connectivity index (χ3v) is 3.11. The van der Waals surface area contributed by atoms with Crippen LogP contribution in [0.4, 0.5) is 4.39 Å². The molecule has 0 spiro atoms. The van der Waals surface area contributed by atoms with E-state index in [4.69, 9.17) is 5.73 Å². The molecule has 2 nitrogen and oxygen atoms in total. The summed E-state index contributed by atoms with van der Waals surface area (Å²) in [7, 11) is 0. The second-order valence-corrected chi connectivity index (χ2v) is 4.59. The number of rotatable bonds is 3. The first-order chi connectivity index (χ1) is 9.54. The van der Waals surface area contributed by atoms with Gasteiger partial charge in [0.1, 0.15) is 5.82 Å². The zero-order chi connectivity index (χ0) is 15.0. The normalized spacial score (nSPS) is 11.2. The molecular formula is C17H20FNO. The van der Waals surface area contributed by atoms with Crippen molar-refractivity contribution in [3.05, 3.63) is 71.5 Å². The van der Waals surface area contributed by atoms with Crippen molar-refractivity contribution < 1.29 is 9.18 Å². The van der Waals surface area contributed by atoms with Gasteiger partial charge in [-0.2, -0.15) is 0 Å². The largest absolute Gasteiger partial charge is 0.366 e. The summed E-state index contributed by atoms with van der Waals surface area (Å²) in [6, 6.07) is 15.4. The van der Waals surface area contributed by atoms with Crippen molar-refractivity contribution >= 4 is 5.91 Å². The molecule has 0 heterocycles. The number of hydrogen-bond donors (Lipinski definition) is 1. The number of primary amides is 1. The van der Waals surface area contributed by atoms with Crippen molar-refractivity contribution in [2.75, 3.05) is 0 Å². The molecule has 1 unspecified atom stereocenters. The predicted molar refractivity (Wildman–Crippen MR) is 80.1 cm³/mol. The summed E-state index contributed by atoms with van der Waals surface area (Å²) < 4.78 is 11.9. The minimum atomic E-state index is -0.365. The van der Waals surface area contributed by atoms with Gasteiger partial charge in [0, 0.05) is 5.56 Å². The van der Waals surface area contributed by atoms with E-state index in [1.165, 1.54) is 17.7 Å². The first-order valence-corrected chi connectivity index (χ1v) is 6.65. The number of hydrogen-bond acceptors (Lipinski definition) is 1. The lowest BCUT2D eigenvalue weighted by Gasteiger charge is -2.08. The van der Waals surface area contributed by atoms with E-state index in [1.54, 1.807) is 30.3 Å². The van der Waals surface area contributed by atoms with Crippen LogP contribution >= 0.6 is 0 Å². The van der Waals surface area contributed by atoms with E-state index < -0.39 is 0 Å². The fourth-order valence-electron chi connectivity index (χ4n) is 1.63. The molecule has 0 aliphatic carbocycles. The molecular weight excluding hydrogens is 253 g/mol. The van der Waals surface area contributed by atoms with E-state index in [-0.39, 0.29) is 11.7 Å². The van der Waals surface area contributed by atoms with Crippen LogP contribution in [0.1, 0.15) is 42.1 Å². The molecule has 2 aromatic rings. The highest BCUT2D eigenvalue weighted by Crippen LogP contribution is 2.18. The van der Waals surface area contributed by atoms with Crippen LogP contribution < -0.4 is 5.73 Å². The molecule has 0 saturated carbocycles. The summed E-state index contributed by atoms with van der Waals surface area (Å²) in [6.07, 6.45) is 1.11. The first kappa shape index (κ1) is 15.9. The van der Waals surface area contributed by atoms with Crippen molar-refractivity contribution in [2.24, 2.45) is 5.73 Å². The molecule has 2 rings (SSSR count). The smallest absolute Gasteiger partial charge is 0.248 e.